The molecule has 24 heavy (non-hydrogen) atoms. The van der Waals surface area contributed by atoms with Crippen LogP contribution in [0.25, 0.3) is 0 Å². The average Bonchev–Trinajstić information content (AvgIpc) is 2.97. The van der Waals surface area contributed by atoms with E-state index in [9.17, 15) is 9.59 Å². The van der Waals surface area contributed by atoms with Crippen LogP contribution in [0.1, 0.15) is 55.4 Å². The molecule has 0 saturated heterocycles. The van der Waals surface area contributed by atoms with E-state index >= 15 is 0 Å². The molecule has 1 heterocycles. The predicted molar refractivity (Wildman–Crippen MR) is 88.7 cm³/mol. The van der Waals surface area contributed by atoms with Gasteiger partial charge in [-0.15, -0.1) is 5.10 Å². The number of aliphatic carboxylic acids is 1. The van der Waals surface area contributed by atoms with Crippen LogP contribution in [-0.4, -0.2) is 32.0 Å². The normalized spacial score (nSPS) is 11.5. The van der Waals surface area contributed by atoms with E-state index in [1.54, 1.807) is 28.9 Å². The Labute approximate surface area is 140 Å². The van der Waals surface area contributed by atoms with Crippen molar-refractivity contribution >= 4 is 11.9 Å². The number of nitrogens with one attached hydrogen (secondary N) is 1. The Morgan fingerprint density at radius 3 is 2.62 bits per heavy atom. The number of nitrogens with zero attached hydrogens (tertiary/aromatic N) is 3. The first-order chi connectivity index (χ1) is 11.2. The highest BCUT2D eigenvalue weighted by atomic mass is 16.4. The fourth-order valence-corrected chi connectivity index (χ4v) is 2.23. The molecule has 128 valence electrons. The van der Waals surface area contributed by atoms with Gasteiger partial charge in [-0.25, -0.2) is 4.68 Å². The van der Waals surface area contributed by atoms with Crippen LogP contribution in [0.2, 0.25) is 0 Å². The summed E-state index contributed by atoms with van der Waals surface area (Å²) in [5, 5.41) is 20.0. The van der Waals surface area contributed by atoms with E-state index in [0.29, 0.717) is 16.8 Å². The van der Waals surface area contributed by atoms with E-state index in [0.717, 1.165) is 0 Å². The SMILES string of the molecule is CC(C)n1cc(C(C)(C)NC(=O)c2cccc(CC(=O)O)c2)nn1. The summed E-state index contributed by atoms with van der Waals surface area (Å²) in [6.07, 6.45) is 1.69. The van der Waals surface area contributed by atoms with Gasteiger partial charge in [-0.3, -0.25) is 9.59 Å². The first kappa shape index (κ1) is 17.7. The second-order valence-corrected chi connectivity index (χ2v) is 6.53. The summed E-state index contributed by atoms with van der Waals surface area (Å²) in [5.41, 5.74) is 0.954. The fraction of sp³-hybridized carbons (Fsp3) is 0.412. The fourth-order valence-electron chi connectivity index (χ4n) is 2.23. The summed E-state index contributed by atoms with van der Waals surface area (Å²) < 4.78 is 1.73. The van der Waals surface area contributed by atoms with Crippen molar-refractivity contribution in [2.75, 3.05) is 0 Å². The highest BCUT2D eigenvalue weighted by Crippen LogP contribution is 2.19. The number of benzene rings is 1. The minimum absolute atomic E-state index is 0.118. The van der Waals surface area contributed by atoms with Crippen LogP contribution in [0.4, 0.5) is 0 Å². The molecule has 2 rings (SSSR count). The molecule has 0 fully saturated rings. The van der Waals surface area contributed by atoms with E-state index < -0.39 is 11.5 Å². The Kier molecular flexibility index (Phi) is 5.02. The topological polar surface area (TPSA) is 97.1 Å². The highest BCUT2D eigenvalue weighted by molar-refractivity contribution is 5.95. The van der Waals surface area contributed by atoms with Gasteiger partial charge in [0.05, 0.1) is 18.2 Å². The quantitative estimate of drug-likeness (QED) is 0.846. The highest BCUT2D eigenvalue weighted by Gasteiger charge is 2.27. The lowest BCUT2D eigenvalue weighted by Crippen LogP contribution is -2.41. The van der Waals surface area contributed by atoms with Crippen molar-refractivity contribution < 1.29 is 14.7 Å². The van der Waals surface area contributed by atoms with Gasteiger partial charge in [0.1, 0.15) is 5.69 Å². The molecule has 1 amide bonds. The van der Waals surface area contributed by atoms with E-state index in [4.69, 9.17) is 5.11 Å². The monoisotopic (exact) mass is 330 g/mol. The van der Waals surface area contributed by atoms with Gasteiger partial charge in [-0.05, 0) is 45.4 Å². The second-order valence-electron chi connectivity index (χ2n) is 6.53. The number of carboxylic acid groups (broad SMARTS) is 1. The van der Waals surface area contributed by atoms with Crippen LogP contribution in [-0.2, 0) is 16.8 Å². The molecule has 0 aliphatic heterocycles. The Balaban J connectivity index is 2.16. The molecule has 0 spiro atoms. The van der Waals surface area contributed by atoms with Crippen molar-refractivity contribution in [2.45, 2.75) is 45.7 Å². The smallest absolute Gasteiger partial charge is 0.307 e. The maximum atomic E-state index is 12.5. The molecule has 0 aliphatic carbocycles. The number of aromatic nitrogens is 3. The van der Waals surface area contributed by atoms with Gasteiger partial charge in [0.25, 0.3) is 5.91 Å². The largest absolute Gasteiger partial charge is 0.481 e. The zero-order chi connectivity index (χ0) is 17.9. The summed E-state index contributed by atoms with van der Waals surface area (Å²) in [5.74, 6) is -1.22. The van der Waals surface area contributed by atoms with Gasteiger partial charge in [0.2, 0.25) is 0 Å². The lowest BCUT2D eigenvalue weighted by Gasteiger charge is -2.23. The summed E-state index contributed by atoms with van der Waals surface area (Å²) in [6.45, 7) is 7.69. The van der Waals surface area contributed by atoms with Crippen molar-refractivity contribution in [1.82, 2.24) is 20.3 Å². The van der Waals surface area contributed by atoms with Crippen LogP contribution in [0, 0.1) is 0 Å². The molecule has 0 saturated carbocycles. The lowest BCUT2D eigenvalue weighted by molar-refractivity contribution is -0.136. The number of carbonyl (C=O) groups excluding carboxylic acids is 1. The van der Waals surface area contributed by atoms with E-state index in [-0.39, 0.29) is 18.4 Å². The average molecular weight is 330 g/mol. The Bertz CT molecular complexity index is 750. The summed E-state index contributed by atoms with van der Waals surface area (Å²) in [7, 11) is 0. The summed E-state index contributed by atoms with van der Waals surface area (Å²) in [6, 6.07) is 6.79. The number of hydrogen-bond donors (Lipinski definition) is 2. The molecule has 0 radical (unpaired) electrons. The minimum atomic E-state index is -0.932. The van der Waals surface area contributed by atoms with Gasteiger partial charge in [-0.2, -0.15) is 0 Å². The Morgan fingerprint density at radius 1 is 1.33 bits per heavy atom. The molecule has 1 aromatic carbocycles. The molecule has 0 aliphatic rings. The molecule has 2 N–H and O–H groups in total. The van der Waals surface area contributed by atoms with Gasteiger partial charge in [0, 0.05) is 11.6 Å². The molecular formula is C17H22N4O3. The van der Waals surface area contributed by atoms with E-state index in [1.165, 1.54) is 0 Å². The third-order valence-electron chi connectivity index (χ3n) is 3.65. The third-order valence-corrected chi connectivity index (χ3v) is 3.65. The lowest BCUT2D eigenvalue weighted by atomic mass is 10.00. The molecular weight excluding hydrogens is 308 g/mol. The minimum Gasteiger partial charge on any atom is -0.481 e. The summed E-state index contributed by atoms with van der Waals surface area (Å²) in [4.78, 5) is 23.3. The first-order valence-corrected chi connectivity index (χ1v) is 7.74. The molecule has 0 atom stereocenters. The zero-order valence-corrected chi connectivity index (χ0v) is 14.3. The Hall–Kier alpha value is -2.70. The first-order valence-electron chi connectivity index (χ1n) is 7.74. The number of hydrogen-bond acceptors (Lipinski definition) is 4. The number of carbonyl (C=O) groups is 2. The van der Waals surface area contributed by atoms with Crippen LogP contribution >= 0.6 is 0 Å². The van der Waals surface area contributed by atoms with Crippen molar-refractivity contribution in [3.63, 3.8) is 0 Å². The predicted octanol–water partition coefficient (Wildman–Crippen LogP) is 2.15. The van der Waals surface area contributed by atoms with Crippen molar-refractivity contribution in [2.24, 2.45) is 0 Å². The van der Waals surface area contributed by atoms with Gasteiger partial charge < -0.3 is 10.4 Å². The van der Waals surface area contributed by atoms with E-state index in [1.807, 2.05) is 33.9 Å². The Morgan fingerprint density at radius 2 is 2.04 bits per heavy atom. The zero-order valence-electron chi connectivity index (χ0n) is 14.3. The molecule has 0 unspecified atom stereocenters. The maximum Gasteiger partial charge on any atom is 0.307 e. The molecule has 7 nitrogen and oxygen atoms in total. The molecule has 2 aromatic rings. The van der Waals surface area contributed by atoms with Crippen molar-refractivity contribution in [3.05, 3.63) is 47.3 Å². The standard InChI is InChI=1S/C17H22N4O3/c1-11(2)21-10-14(19-20-21)17(3,4)18-16(24)13-7-5-6-12(8-13)9-15(22)23/h5-8,10-11H,9H2,1-4H3,(H,18,24)(H,22,23). The van der Waals surface area contributed by atoms with Gasteiger partial charge in [-0.1, -0.05) is 17.3 Å². The summed E-state index contributed by atoms with van der Waals surface area (Å²) >= 11 is 0. The van der Waals surface area contributed by atoms with Crippen LogP contribution in [0.5, 0.6) is 0 Å². The van der Waals surface area contributed by atoms with Crippen molar-refractivity contribution in [1.29, 1.82) is 0 Å². The second kappa shape index (κ2) is 6.82. The van der Waals surface area contributed by atoms with Crippen LogP contribution in [0.3, 0.4) is 0 Å². The molecule has 1 aromatic heterocycles. The van der Waals surface area contributed by atoms with Crippen molar-refractivity contribution in [3.8, 4) is 0 Å². The molecule has 0 bridgehead atoms. The third kappa shape index (κ3) is 4.18. The number of rotatable bonds is 6. The molecule has 7 heteroatoms. The number of amides is 1. The van der Waals surface area contributed by atoms with Crippen LogP contribution < -0.4 is 5.32 Å². The van der Waals surface area contributed by atoms with Gasteiger partial charge >= 0.3 is 5.97 Å². The number of carboxylic acids is 1. The van der Waals surface area contributed by atoms with E-state index in [2.05, 4.69) is 15.6 Å². The van der Waals surface area contributed by atoms with Crippen LogP contribution in [0.15, 0.2) is 30.5 Å². The van der Waals surface area contributed by atoms with Gasteiger partial charge in [0.15, 0.2) is 0 Å². The maximum absolute atomic E-state index is 12.5.